The molecule has 5 nitrogen and oxygen atoms in total. The smallest absolute Gasteiger partial charge is 0.221 e. The maximum atomic E-state index is 5.82. The summed E-state index contributed by atoms with van der Waals surface area (Å²) >= 11 is 0. The van der Waals surface area contributed by atoms with Gasteiger partial charge in [-0.15, -0.1) is 0 Å². The molecule has 1 aromatic heterocycles. The van der Waals surface area contributed by atoms with Crippen LogP contribution in [0.3, 0.4) is 0 Å². The van der Waals surface area contributed by atoms with Crippen LogP contribution in [-0.2, 0) is 6.42 Å². The van der Waals surface area contributed by atoms with Crippen molar-refractivity contribution in [2.75, 3.05) is 18.1 Å². The van der Waals surface area contributed by atoms with Crippen LogP contribution in [0.4, 0.5) is 11.8 Å². The van der Waals surface area contributed by atoms with Gasteiger partial charge >= 0.3 is 0 Å². The summed E-state index contributed by atoms with van der Waals surface area (Å²) in [6.07, 6.45) is 2.34. The van der Waals surface area contributed by atoms with Gasteiger partial charge in [0.05, 0.1) is 6.61 Å². The lowest BCUT2D eigenvalue weighted by Gasteiger charge is -2.09. The van der Waals surface area contributed by atoms with E-state index in [-0.39, 0.29) is 5.95 Å². The van der Waals surface area contributed by atoms with E-state index in [0.717, 1.165) is 23.5 Å². The first-order chi connectivity index (χ1) is 9.54. The second kappa shape index (κ2) is 6.23. The lowest BCUT2D eigenvalue weighted by atomic mass is 10.1. The van der Waals surface area contributed by atoms with Gasteiger partial charge in [0.1, 0.15) is 11.6 Å². The molecule has 0 saturated carbocycles. The minimum absolute atomic E-state index is 0.198. The molecule has 0 amide bonds. The number of aromatic nitrogens is 2. The maximum Gasteiger partial charge on any atom is 0.221 e. The largest absolute Gasteiger partial charge is 0.493 e. The number of nitrogens with two attached hydrogens (primary N) is 2. The van der Waals surface area contributed by atoms with Crippen molar-refractivity contribution in [3.05, 3.63) is 41.6 Å². The first kappa shape index (κ1) is 14.1. The summed E-state index contributed by atoms with van der Waals surface area (Å²) in [5, 5.41) is 0. The molecule has 1 heterocycles. The van der Waals surface area contributed by atoms with E-state index in [4.69, 9.17) is 16.2 Å². The third kappa shape index (κ3) is 3.85. The van der Waals surface area contributed by atoms with Gasteiger partial charge in [0.15, 0.2) is 0 Å². The van der Waals surface area contributed by atoms with Gasteiger partial charge in [0.2, 0.25) is 5.95 Å². The maximum absolute atomic E-state index is 5.82. The first-order valence-electron chi connectivity index (χ1n) is 6.63. The number of hydrogen-bond acceptors (Lipinski definition) is 5. The average Bonchev–Trinajstić information content (AvgIpc) is 2.41. The molecular weight excluding hydrogens is 252 g/mol. The third-order valence-electron chi connectivity index (χ3n) is 2.82. The molecule has 4 N–H and O–H groups in total. The van der Waals surface area contributed by atoms with Crippen LogP contribution in [0.2, 0.25) is 0 Å². The van der Waals surface area contributed by atoms with Crippen molar-refractivity contribution in [3.8, 4) is 5.75 Å². The summed E-state index contributed by atoms with van der Waals surface area (Å²) in [6.45, 7) is 4.97. The quantitative estimate of drug-likeness (QED) is 0.871. The SMILES string of the molecule is CC(C)COc1ccc(Cc2cnc(N)nc2N)cc1. The van der Waals surface area contributed by atoms with E-state index in [9.17, 15) is 0 Å². The van der Waals surface area contributed by atoms with E-state index in [2.05, 4.69) is 23.8 Å². The van der Waals surface area contributed by atoms with Gasteiger partial charge in [-0.05, 0) is 23.6 Å². The molecule has 0 aliphatic carbocycles. The highest BCUT2D eigenvalue weighted by Crippen LogP contribution is 2.18. The molecule has 0 fully saturated rings. The zero-order chi connectivity index (χ0) is 14.5. The molecule has 0 atom stereocenters. The van der Waals surface area contributed by atoms with Gasteiger partial charge in [-0.25, -0.2) is 4.98 Å². The Bertz CT molecular complexity index is 567. The highest BCUT2D eigenvalue weighted by atomic mass is 16.5. The fraction of sp³-hybridized carbons (Fsp3) is 0.333. The van der Waals surface area contributed by atoms with Crippen LogP contribution < -0.4 is 16.2 Å². The molecule has 2 aromatic rings. The Hall–Kier alpha value is -2.30. The van der Waals surface area contributed by atoms with E-state index >= 15 is 0 Å². The number of ether oxygens (including phenoxy) is 1. The van der Waals surface area contributed by atoms with E-state index < -0.39 is 0 Å². The Morgan fingerprint density at radius 2 is 1.85 bits per heavy atom. The molecule has 0 saturated heterocycles. The molecule has 0 bridgehead atoms. The average molecular weight is 272 g/mol. The van der Waals surface area contributed by atoms with Crippen LogP contribution in [0.25, 0.3) is 0 Å². The zero-order valence-electron chi connectivity index (χ0n) is 11.8. The Kier molecular flexibility index (Phi) is 4.40. The molecule has 20 heavy (non-hydrogen) atoms. The topological polar surface area (TPSA) is 87.0 Å². The second-order valence-electron chi connectivity index (χ2n) is 5.16. The Morgan fingerprint density at radius 3 is 2.45 bits per heavy atom. The van der Waals surface area contributed by atoms with Crippen LogP contribution in [0, 0.1) is 5.92 Å². The van der Waals surface area contributed by atoms with Crippen molar-refractivity contribution >= 4 is 11.8 Å². The monoisotopic (exact) mass is 272 g/mol. The summed E-state index contributed by atoms with van der Waals surface area (Å²) in [6, 6.07) is 7.97. The highest BCUT2D eigenvalue weighted by molar-refractivity contribution is 5.44. The van der Waals surface area contributed by atoms with Crippen LogP contribution in [0.1, 0.15) is 25.0 Å². The summed E-state index contributed by atoms with van der Waals surface area (Å²) in [5.41, 5.74) is 13.3. The molecule has 106 valence electrons. The molecule has 5 heteroatoms. The summed E-state index contributed by atoms with van der Waals surface area (Å²) in [5.74, 6) is 2.02. The molecule has 0 spiro atoms. The normalized spacial score (nSPS) is 10.8. The van der Waals surface area contributed by atoms with Crippen LogP contribution in [-0.4, -0.2) is 16.6 Å². The standard InChI is InChI=1S/C15H20N4O/c1-10(2)9-20-13-5-3-11(4-6-13)7-12-8-18-15(17)19-14(12)16/h3-6,8,10H,7,9H2,1-2H3,(H4,16,17,18,19). The second-order valence-corrected chi connectivity index (χ2v) is 5.16. The molecule has 0 aliphatic heterocycles. The number of rotatable bonds is 5. The minimum Gasteiger partial charge on any atom is -0.493 e. The van der Waals surface area contributed by atoms with Crippen LogP contribution in [0.15, 0.2) is 30.5 Å². The molecule has 2 rings (SSSR count). The van der Waals surface area contributed by atoms with Gasteiger partial charge in [-0.1, -0.05) is 26.0 Å². The number of hydrogen-bond donors (Lipinski definition) is 2. The number of anilines is 2. The third-order valence-corrected chi connectivity index (χ3v) is 2.82. The summed E-state index contributed by atoms with van der Waals surface area (Å²) < 4.78 is 5.65. The van der Waals surface area contributed by atoms with Gasteiger partial charge in [-0.3, -0.25) is 0 Å². The van der Waals surface area contributed by atoms with E-state index in [1.807, 2.05) is 24.3 Å². The lowest BCUT2D eigenvalue weighted by molar-refractivity contribution is 0.271. The van der Waals surface area contributed by atoms with Crippen molar-refractivity contribution < 1.29 is 4.74 Å². The molecule has 0 aliphatic rings. The van der Waals surface area contributed by atoms with Crippen LogP contribution >= 0.6 is 0 Å². The van der Waals surface area contributed by atoms with Crippen molar-refractivity contribution in [1.82, 2.24) is 9.97 Å². The predicted octanol–water partition coefficient (Wildman–Crippen LogP) is 2.27. The van der Waals surface area contributed by atoms with Gasteiger partial charge in [-0.2, -0.15) is 4.98 Å². The Balaban J connectivity index is 2.03. The van der Waals surface area contributed by atoms with Crippen molar-refractivity contribution in [1.29, 1.82) is 0 Å². The number of benzene rings is 1. The van der Waals surface area contributed by atoms with Crippen LogP contribution in [0.5, 0.6) is 5.75 Å². The van der Waals surface area contributed by atoms with E-state index in [0.29, 0.717) is 18.2 Å². The van der Waals surface area contributed by atoms with Crippen molar-refractivity contribution in [2.24, 2.45) is 5.92 Å². The van der Waals surface area contributed by atoms with Gasteiger partial charge in [0, 0.05) is 18.2 Å². The highest BCUT2D eigenvalue weighted by Gasteiger charge is 2.04. The van der Waals surface area contributed by atoms with Crippen molar-refractivity contribution in [2.45, 2.75) is 20.3 Å². The summed E-state index contributed by atoms with van der Waals surface area (Å²) in [7, 11) is 0. The Labute approximate surface area is 119 Å². The van der Waals surface area contributed by atoms with Crippen molar-refractivity contribution in [3.63, 3.8) is 0 Å². The zero-order valence-corrected chi connectivity index (χ0v) is 11.8. The number of nitrogen functional groups attached to an aromatic ring is 2. The molecular formula is C15H20N4O. The lowest BCUT2D eigenvalue weighted by Crippen LogP contribution is -2.05. The number of nitrogens with zero attached hydrogens (tertiary/aromatic N) is 2. The molecule has 1 aromatic carbocycles. The van der Waals surface area contributed by atoms with Gasteiger partial charge in [0.25, 0.3) is 0 Å². The molecule has 0 radical (unpaired) electrons. The fourth-order valence-corrected chi connectivity index (χ4v) is 1.76. The summed E-state index contributed by atoms with van der Waals surface area (Å²) in [4.78, 5) is 7.92. The molecule has 0 unspecified atom stereocenters. The van der Waals surface area contributed by atoms with E-state index in [1.54, 1.807) is 6.20 Å². The van der Waals surface area contributed by atoms with Gasteiger partial charge < -0.3 is 16.2 Å². The van der Waals surface area contributed by atoms with E-state index in [1.165, 1.54) is 0 Å². The minimum atomic E-state index is 0.198. The predicted molar refractivity (Wildman–Crippen MR) is 80.4 cm³/mol. The Morgan fingerprint density at radius 1 is 1.15 bits per heavy atom. The fourth-order valence-electron chi connectivity index (χ4n) is 1.76. The first-order valence-corrected chi connectivity index (χ1v) is 6.63.